The number of hydrogen-bond acceptors (Lipinski definition) is 9. The van der Waals surface area contributed by atoms with Gasteiger partial charge in [0.2, 0.25) is 5.91 Å². The van der Waals surface area contributed by atoms with Gasteiger partial charge in [0.15, 0.2) is 5.65 Å². The predicted molar refractivity (Wildman–Crippen MR) is 157 cm³/mol. The summed E-state index contributed by atoms with van der Waals surface area (Å²) in [5.74, 6) is 1.04. The Labute approximate surface area is 239 Å². The number of hydrogen-bond donors (Lipinski definition) is 2. The fourth-order valence-corrected chi connectivity index (χ4v) is 6.96. The topological polar surface area (TPSA) is 129 Å². The highest BCUT2D eigenvalue weighted by Gasteiger charge is 2.36. The van der Waals surface area contributed by atoms with Crippen molar-refractivity contribution in [2.45, 2.75) is 44.2 Å². The third kappa shape index (κ3) is 5.21. The van der Waals surface area contributed by atoms with Crippen LogP contribution in [0.5, 0.6) is 0 Å². The molecule has 12 heteroatoms. The Kier molecular flexibility index (Phi) is 6.95. The summed E-state index contributed by atoms with van der Waals surface area (Å²) in [5.41, 5.74) is 8.88. The minimum atomic E-state index is -0.336. The zero-order valence-electron chi connectivity index (χ0n) is 23.4. The molecule has 0 radical (unpaired) electrons. The summed E-state index contributed by atoms with van der Waals surface area (Å²) in [6, 6.07) is 8.87. The van der Waals surface area contributed by atoms with Crippen molar-refractivity contribution in [2.75, 3.05) is 67.9 Å². The van der Waals surface area contributed by atoms with Crippen LogP contribution < -0.4 is 20.9 Å². The van der Waals surface area contributed by atoms with Crippen molar-refractivity contribution in [1.82, 2.24) is 34.9 Å². The van der Waals surface area contributed by atoms with Gasteiger partial charge in [-0.05, 0) is 55.9 Å². The molecule has 7 rings (SSSR count). The molecule has 4 aliphatic heterocycles. The van der Waals surface area contributed by atoms with Gasteiger partial charge < -0.3 is 10.6 Å². The van der Waals surface area contributed by atoms with Crippen LogP contribution in [-0.2, 0) is 4.79 Å². The molecular weight excluding hydrogens is 520 g/mol. The minimum absolute atomic E-state index is 0.206. The van der Waals surface area contributed by atoms with Crippen LogP contribution in [0.1, 0.15) is 38.1 Å². The molecule has 3 amide bonds. The smallest absolute Gasteiger partial charge is 0.328 e. The number of nitrogens with zero attached hydrogens (tertiary/aromatic N) is 8. The van der Waals surface area contributed by atoms with Gasteiger partial charge in [0, 0.05) is 76.2 Å². The maximum absolute atomic E-state index is 12.1. The molecule has 12 nitrogen and oxygen atoms in total. The Balaban J connectivity index is 0.837. The van der Waals surface area contributed by atoms with E-state index in [-0.39, 0.29) is 11.9 Å². The monoisotopic (exact) mass is 558 g/mol. The summed E-state index contributed by atoms with van der Waals surface area (Å²) >= 11 is 0. The lowest BCUT2D eigenvalue weighted by Crippen LogP contribution is -2.61. The van der Waals surface area contributed by atoms with Crippen LogP contribution >= 0.6 is 0 Å². The van der Waals surface area contributed by atoms with E-state index in [0.717, 1.165) is 61.7 Å². The van der Waals surface area contributed by atoms with Crippen molar-refractivity contribution in [3.05, 3.63) is 36.8 Å². The van der Waals surface area contributed by atoms with E-state index in [1.54, 1.807) is 11.1 Å². The van der Waals surface area contributed by atoms with Gasteiger partial charge in [-0.25, -0.2) is 19.4 Å². The number of rotatable bonds is 6. The number of nitrogens with one attached hydrogen (secondary N) is 1. The summed E-state index contributed by atoms with van der Waals surface area (Å²) in [6.07, 6.45) is 8.24. The molecule has 0 bridgehead atoms. The molecule has 3 aromatic rings. The van der Waals surface area contributed by atoms with E-state index >= 15 is 0 Å². The number of imide groups is 1. The molecule has 41 heavy (non-hydrogen) atoms. The van der Waals surface area contributed by atoms with Gasteiger partial charge in [-0.15, -0.1) is 0 Å². The first kappa shape index (κ1) is 26.1. The highest BCUT2D eigenvalue weighted by atomic mass is 16.2. The van der Waals surface area contributed by atoms with Crippen molar-refractivity contribution in [1.29, 1.82) is 0 Å². The number of amides is 3. The minimum Gasteiger partial charge on any atom is -0.383 e. The number of nitrogen functional groups attached to an aromatic ring is 1. The number of nitrogens with two attached hydrogens (primary N) is 1. The summed E-state index contributed by atoms with van der Waals surface area (Å²) < 4.78 is 2.05. The van der Waals surface area contributed by atoms with Crippen LogP contribution in [-0.4, -0.2) is 99.9 Å². The number of urea groups is 1. The van der Waals surface area contributed by atoms with Crippen molar-refractivity contribution in [2.24, 2.45) is 5.92 Å². The van der Waals surface area contributed by atoms with Crippen LogP contribution in [0, 0.1) is 5.92 Å². The Hall–Kier alpha value is -3.77. The predicted octanol–water partition coefficient (Wildman–Crippen LogP) is 2.09. The Morgan fingerprint density at radius 3 is 2.34 bits per heavy atom. The number of anilines is 3. The number of fused-ring (bicyclic) bond motifs is 1. The molecule has 4 saturated heterocycles. The van der Waals surface area contributed by atoms with Crippen LogP contribution in [0.2, 0.25) is 0 Å². The van der Waals surface area contributed by atoms with Crippen LogP contribution in [0.25, 0.3) is 11.0 Å². The fourth-order valence-electron chi connectivity index (χ4n) is 6.96. The van der Waals surface area contributed by atoms with Crippen LogP contribution in [0.3, 0.4) is 0 Å². The summed E-state index contributed by atoms with van der Waals surface area (Å²) in [7, 11) is 0. The maximum Gasteiger partial charge on any atom is 0.328 e. The molecule has 0 unspecified atom stereocenters. The van der Waals surface area contributed by atoms with E-state index in [4.69, 9.17) is 5.73 Å². The third-order valence-corrected chi connectivity index (χ3v) is 9.43. The first-order valence-electron chi connectivity index (χ1n) is 14.9. The number of likely N-dealkylation sites (tertiary alicyclic amines) is 2. The number of piperidine rings is 2. The van der Waals surface area contributed by atoms with Gasteiger partial charge >= 0.3 is 6.03 Å². The van der Waals surface area contributed by atoms with E-state index in [1.807, 2.05) is 12.1 Å². The first-order chi connectivity index (χ1) is 20.0. The second kappa shape index (κ2) is 10.9. The number of carbonyl (C=O) groups excluding carboxylic acids is 2. The van der Waals surface area contributed by atoms with Crippen LogP contribution in [0.15, 0.2) is 36.8 Å². The summed E-state index contributed by atoms with van der Waals surface area (Å²) in [5, 5.41) is 7.83. The van der Waals surface area contributed by atoms with Crippen molar-refractivity contribution >= 4 is 40.2 Å². The quantitative estimate of drug-likeness (QED) is 0.467. The molecule has 6 heterocycles. The van der Waals surface area contributed by atoms with Gasteiger partial charge in [0.05, 0.1) is 17.6 Å². The Bertz CT molecular complexity index is 1400. The third-order valence-electron chi connectivity index (χ3n) is 9.43. The van der Waals surface area contributed by atoms with Gasteiger partial charge in [0.1, 0.15) is 12.1 Å². The molecule has 0 saturated carbocycles. The van der Waals surface area contributed by atoms with Gasteiger partial charge in [-0.2, -0.15) is 5.10 Å². The molecule has 0 atom stereocenters. The zero-order valence-corrected chi connectivity index (χ0v) is 23.4. The standard InChI is InChI=1S/C29H38N10O2/c30-27-25-15-33-39(28(25)32-19-31-27)23-7-12-37(13-8-23)24-17-35(18-24)16-20-5-10-36(11-6-20)21-1-3-22(4-2-21)38-14-9-26(40)34-29(38)41/h1-4,15,19-20,23-24H,5-14,16-18H2,(H2,30,31,32)(H,34,40,41). The maximum atomic E-state index is 12.1. The number of benzene rings is 1. The molecule has 4 fully saturated rings. The van der Waals surface area contributed by atoms with E-state index < -0.39 is 0 Å². The fraction of sp³-hybridized carbons (Fsp3) is 0.552. The molecule has 0 aliphatic carbocycles. The Morgan fingerprint density at radius 2 is 1.61 bits per heavy atom. The zero-order chi connectivity index (χ0) is 27.9. The molecule has 4 aliphatic rings. The largest absolute Gasteiger partial charge is 0.383 e. The molecular formula is C29H38N10O2. The summed E-state index contributed by atoms with van der Waals surface area (Å²) in [6.45, 7) is 8.30. The highest BCUT2D eigenvalue weighted by Crippen LogP contribution is 2.31. The Morgan fingerprint density at radius 1 is 0.878 bits per heavy atom. The van der Waals surface area contributed by atoms with E-state index in [9.17, 15) is 9.59 Å². The van der Waals surface area contributed by atoms with Crippen LogP contribution in [0.4, 0.5) is 22.0 Å². The molecule has 2 aromatic heterocycles. The average Bonchev–Trinajstić information content (AvgIpc) is 3.41. The molecule has 0 spiro atoms. The first-order valence-corrected chi connectivity index (χ1v) is 14.9. The SMILES string of the molecule is Nc1ncnc2c1cnn2C1CCN(C2CN(CC3CCN(c4ccc(N5CCC(=O)NC5=O)cc4)CC3)C2)CC1. The lowest BCUT2D eigenvalue weighted by molar-refractivity contribution is -0.120. The van der Waals surface area contributed by atoms with Gasteiger partial charge in [-0.3, -0.25) is 24.8 Å². The van der Waals surface area contributed by atoms with Crippen molar-refractivity contribution < 1.29 is 9.59 Å². The number of aromatic nitrogens is 4. The molecule has 1 aromatic carbocycles. The van der Waals surface area contributed by atoms with Crippen molar-refractivity contribution in [3.8, 4) is 0 Å². The second-order valence-corrected chi connectivity index (χ2v) is 11.9. The highest BCUT2D eigenvalue weighted by molar-refractivity contribution is 6.05. The van der Waals surface area contributed by atoms with Crippen molar-refractivity contribution in [3.63, 3.8) is 0 Å². The number of carbonyl (C=O) groups is 2. The van der Waals surface area contributed by atoms with E-state index in [1.165, 1.54) is 44.5 Å². The normalized spacial score (nSPS) is 22.3. The lowest BCUT2D eigenvalue weighted by Gasteiger charge is -2.49. The van der Waals surface area contributed by atoms with E-state index in [2.05, 4.69) is 51.9 Å². The van der Waals surface area contributed by atoms with Gasteiger partial charge in [0.25, 0.3) is 0 Å². The second-order valence-electron chi connectivity index (χ2n) is 11.9. The summed E-state index contributed by atoms with van der Waals surface area (Å²) in [4.78, 5) is 41.5. The van der Waals surface area contributed by atoms with Gasteiger partial charge in [-0.1, -0.05) is 0 Å². The average molecular weight is 559 g/mol. The molecule has 3 N–H and O–H groups in total. The van der Waals surface area contributed by atoms with E-state index in [0.29, 0.717) is 30.9 Å². The molecule has 216 valence electrons. The lowest BCUT2D eigenvalue weighted by atomic mass is 9.93.